The maximum absolute atomic E-state index is 5.73. The minimum absolute atomic E-state index is 0.775. The minimum Gasteiger partial charge on any atom is -0.494 e. The van der Waals surface area contributed by atoms with E-state index in [1.165, 1.54) is 35.1 Å². The third-order valence-electron chi connectivity index (χ3n) is 4.64. The number of hydrogen-bond acceptors (Lipinski definition) is 5. The van der Waals surface area contributed by atoms with Crippen molar-refractivity contribution in [1.82, 2.24) is 9.97 Å². The van der Waals surface area contributed by atoms with Gasteiger partial charge >= 0.3 is 0 Å². The Labute approximate surface area is 152 Å². The number of aryl methyl sites for hydroxylation is 2. The number of nitrogens with zero attached hydrogens (tertiary/aromatic N) is 2. The van der Waals surface area contributed by atoms with Crippen molar-refractivity contribution < 1.29 is 4.74 Å². The molecule has 25 heavy (non-hydrogen) atoms. The number of unbranched alkanes of at least 4 members (excludes halogenated alkanes) is 1. The van der Waals surface area contributed by atoms with Crippen molar-refractivity contribution >= 4 is 33.1 Å². The van der Waals surface area contributed by atoms with E-state index in [-0.39, 0.29) is 0 Å². The molecule has 0 spiro atoms. The molecule has 130 valence electrons. The van der Waals surface area contributed by atoms with Crippen molar-refractivity contribution in [3.63, 3.8) is 0 Å². The molecule has 0 aliphatic heterocycles. The van der Waals surface area contributed by atoms with Crippen LogP contribution in [0.5, 0.6) is 5.75 Å². The summed E-state index contributed by atoms with van der Waals surface area (Å²) < 4.78 is 5.73. The van der Waals surface area contributed by atoms with Gasteiger partial charge in [-0.15, -0.1) is 11.3 Å². The molecule has 0 saturated heterocycles. The number of rotatable bonds is 6. The Bertz CT molecular complexity index is 857. The van der Waals surface area contributed by atoms with Crippen LogP contribution in [0.2, 0.25) is 0 Å². The monoisotopic (exact) mass is 353 g/mol. The van der Waals surface area contributed by atoms with Crippen molar-refractivity contribution in [3.8, 4) is 5.75 Å². The number of benzene rings is 1. The van der Waals surface area contributed by atoms with Crippen LogP contribution in [0.25, 0.3) is 10.2 Å². The summed E-state index contributed by atoms with van der Waals surface area (Å²) in [5, 5.41) is 4.69. The molecule has 1 aliphatic carbocycles. The van der Waals surface area contributed by atoms with Crippen LogP contribution in [0.3, 0.4) is 0 Å². The molecule has 0 saturated carbocycles. The van der Waals surface area contributed by atoms with Gasteiger partial charge in [0, 0.05) is 10.6 Å². The number of thiophene rings is 1. The Morgan fingerprint density at radius 3 is 2.80 bits per heavy atom. The van der Waals surface area contributed by atoms with E-state index < -0.39 is 0 Å². The van der Waals surface area contributed by atoms with Crippen LogP contribution in [0.4, 0.5) is 11.5 Å². The Morgan fingerprint density at radius 1 is 1.12 bits per heavy atom. The molecule has 3 aromatic rings. The number of nitrogens with one attached hydrogen (secondary N) is 1. The second kappa shape index (κ2) is 7.40. The van der Waals surface area contributed by atoms with E-state index in [0.717, 1.165) is 48.0 Å². The summed E-state index contributed by atoms with van der Waals surface area (Å²) in [6.45, 7) is 2.94. The molecule has 0 unspecified atom stereocenters. The normalized spacial score (nSPS) is 13.6. The van der Waals surface area contributed by atoms with E-state index in [0.29, 0.717) is 0 Å². The predicted octanol–water partition coefficient (Wildman–Crippen LogP) is 5.49. The van der Waals surface area contributed by atoms with Gasteiger partial charge < -0.3 is 10.1 Å². The summed E-state index contributed by atoms with van der Waals surface area (Å²) in [7, 11) is 0. The first kappa shape index (κ1) is 16.3. The molecule has 5 heteroatoms. The van der Waals surface area contributed by atoms with Gasteiger partial charge in [0.05, 0.1) is 12.0 Å². The van der Waals surface area contributed by atoms with Gasteiger partial charge in [-0.2, -0.15) is 0 Å². The van der Waals surface area contributed by atoms with Crippen molar-refractivity contribution in [2.24, 2.45) is 0 Å². The topological polar surface area (TPSA) is 47.0 Å². The number of aromatic nitrogens is 2. The first-order valence-electron chi connectivity index (χ1n) is 9.10. The van der Waals surface area contributed by atoms with Crippen molar-refractivity contribution in [2.45, 2.75) is 45.4 Å². The van der Waals surface area contributed by atoms with Gasteiger partial charge in [0.15, 0.2) is 0 Å². The quantitative estimate of drug-likeness (QED) is 0.595. The highest BCUT2D eigenvalue weighted by Crippen LogP contribution is 2.38. The maximum atomic E-state index is 5.73. The van der Waals surface area contributed by atoms with Crippen LogP contribution < -0.4 is 10.1 Å². The highest BCUT2D eigenvalue weighted by atomic mass is 32.1. The Hall–Kier alpha value is -2.14. The zero-order valence-corrected chi connectivity index (χ0v) is 15.4. The van der Waals surface area contributed by atoms with Crippen LogP contribution >= 0.6 is 11.3 Å². The molecule has 1 aliphatic rings. The number of hydrogen-bond donors (Lipinski definition) is 1. The van der Waals surface area contributed by atoms with Crippen LogP contribution in [-0.4, -0.2) is 16.6 Å². The predicted molar refractivity (Wildman–Crippen MR) is 104 cm³/mol. The van der Waals surface area contributed by atoms with Crippen LogP contribution in [0.15, 0.2) is 30.6 Å². The lowest BCUT2D eigenvalue weighted by molar-refractivity contribution is 0.309. The number of fused-ring (bicyclic) bond motifs is 3. The Morgan fingerprint density at radius 2 is 1.96 bits per heavy atom. The lowest BCUT2D eigenvalue weighted by Gasteiger charge is -2.13. The fourth-order valence-electron chi connectivity index (χ4n) is 3.29. The zero-order valence-electron chi connectivity index (χ0n) is 14.5. The highest BCUT2D eigenvalue weighted by Gasteiger charge is 2.19. The van der Waals surface area contributed by atoms with E-state index >= 15 is 0 Å². The first-order valence-corrected chi connectivity index (χ1v) is 9.92. The smallest absolute Gasteiger partial charge is 0.142 e. The molecule has 4 rings (SSSR count). The van der Waals surface area contributed by atoms with Gasteiger partial charge in [0.25, 0.3) is 0 Å². The van der Waals surface area contributed by atoms with E-state index in [2.05, 4.69) is 22.2 Å². The summed E-state index contributed by atoms with van der Waals surface area (Å²) >= 11 is 1.83. The largest absolute Gasteiger partial charge is 0.494 e. The maximum Gasteiger partial charge on any atom is 0.142 e. The van der Waals surface area contributed by atoms with E-state index in [9.17, 15) is 0 Å². The second-order valence-corrected chi connectivity index (χ2v) is 7.55. The van der Waals surface area contributed by atoms with Gasteiger partial charge in [-0.05, 0) is 61.9 Å². The molecule has 0 bridgehead atoms. The van der Waals surface area contributed by atoms with Crippen molar-refractivity contribution in [2.75, 3.05) is 11.9 Å². The fourth-order valence-corrected chi connectivity index (χ4v) is 4.52. The molecular weight excluding hydrogens is 330 g/mol. The average molecular weight is 353 g/mol. The van der Waals surface area contributed by atoms with Crippen LogP contribution in [-0.2, 0) is 12.8 Å². The van der Waals surface area contributed by atoms with Crippen LogP contribution in [0.1, 0.15) is 43.0 Å². The Balaban J connectivity index is 1.57. The minimum atomic E-state index is 0.775. The molecular formula is C20H23N3OS. The van der Waals surface area contributed by atoms with Crippen LogP contribution in [0, 0.1) is 0 Å². The summed E-state index contributed by atoms with van der Waals surface area (Å²) in [5.74, 6) is 1.84. The molecule has 4 nitrogen and oxygen atoms in total. The molecule has 2 heterocycles. The first-order chi connectivity index (χ1) is 12.3. The summed E-state index contributed by atoms with van der Waals surface area (Å²) in [5.41, 5.74) is 2.48. The van der Waals surface area contributed by atoms with Gasteiger partial charge in [-0.1, -0.05) is 13.3 Å². The molecule has 0 atom stereocenters. The lowest BCUT2D eigenvalue weighted by Crippen LogP contribution is -2.01. The number of anilines is 2. The molecule has 0 radical (unpaired) electrons. The molecule has 1 aromatic carbocycles. The Kier molecular flexibility index (Phi) is 4.83. The third-order valence-corrected chi connectivity index (χ3v) is 5.83. The van der Waals surface area contributed by atoms with Gasteiger partial charge in [0.1, 0.15) is 22.7 Å². The van der Waals surface area contributed by atoms with E-state index in [1.807, 2.05) is 35.6 Å². The molecule has 0 fully saturated rings. The van der Waals surface area contributed by atoms with Crippen molar-refractivity contribution in [3.05, 3.63) is 41.0 Å². The zero-order chi connectivity index (χ0) is 17.1. The SMILES string of the molecule is CCCCOc1ccc(Nc2ncnc3sc4c(c23)CCCC4)cc1. The van der Waals surface area contributed by atoms with Crippen molar-refractivity contribution in [1.29, 1.82) is 0 Å². The molecule has 2 aromatic heterocycles. The summed E-state index contributed by atoms with van der Waals surface area (Å²) in [6.07, 6.45) is 8.76. The van der Waals surface area contributed by atoms with E-state index in [1.54, 1.807) is 6.33 Å². The second-order valence-electron chi connectivity index (χ2n) is 6.46. The number of ether oxygens (including phenoxy) is 1. The lowest BCUT2D eigenvalue weighted by atomic mass is 9.97. The molecule has 1 N–H and O–H groups in total. The average Bonchev–Trinajstić information content (AvgIpc) is 3.03. The van der Waals surface area contributed by atoms with Gasteiger partial charge in [0.2, 0.25) is 0 Å². The highest BCUT2D eigenvalue weighted by molar-refractivity contribution is 7.19. The standard InChI is InChI=1S/C20H23N3OS/c1-2-3-12-24-15-10-8-14(9-11-15)23-19-18-16-6-4-5-7-17(16)25-20(18)22-13-21-19/h8-11,13H,2-7,12H2,1H3,(H,21,22,23). The van der Waals surface area contributed by atoms with Gasteiger partial charge in [-0.3, -0.25) is 0 Å². The third kappa shape index (κ3) is 3.47. The fraction of sp³-hybridized carbons (Fsp3) is 0.400. The molecule has 0 amide bonds. The van der Waals surface area contributed by atoms with Gasteiger partial charge in [-0.25, -0.2) is 9.97 Å². The summed E-state index contributed by atoms with van der Waals surface area (Å²) in [4.78, 5) is 11.6. The summed E-state index contributed by atoms with van der Waals surface area (Å²) in [6, 6.07) is 8.13. The van der Waals surface area contributed by atoms with E-state index in [4.69, 9.17) is 4.74 Å².